The van der Waals surface area contributed by atoms with Gasteiger partial charge in [-0.3, -0.25) is 4.79 Å². The number of likely N-dealkylation sites (tertiary alicyclic amines) is 1. The van der Waals surface area contributed by atoms with Gasteiger partial charge in [0.2, 0.25) is 15.9 Å². The highest BCUT2D eigenvalue weighted by Crippen LogP contribution is 2.23. The third-order valence-corrected chi connectivity index (χ3v) is 7.19. The topological polar surface area (TPSA) is 92.5 Å². The Morgan fingerprint density at radius 2 is 1.80 bits per heavy atom. The number of sulfonamides is 1. The molecule has 162 valence electrons. The average molecular weight is 430 g/mol. The number of carbonyl (C=O) groups excluding carboxylic acids is 1. The van der Waals surface area contributed by atoms with Gasteiger partial charge in [0, 0.05) is 13.1 Å². The van der Waals surface area contributed by atoms with Crippen LogP contribution in [-0.4, -0.2) is 45.4 Å². The summed E-state index contributed by atoms with van der Waals surface area (Å²) in [7, 11) is -3.77. The van der Waals surface area contributed by atoms with Crippen molar-refractivity contribution in [3.8, 4) is 11.1 Å². The van der Waals surface area contributed by atoms with Crippen molar-refractivity contribution in [2.24, 2.45) is 11.7 Å². The van der Waals surface area contributed by atoms with Crippen molar-refractivity contribution in [1.29, 1.82) is 0 Å². The molecule has 7 heteroatoms. The number of hydrogen-bond donors (Lipinski definition) is 2. The minimum atomic E-state index is -3.77. The van der Waals surface area contributed by atoms with E-state index in [0.29, 0.717) is 25.6 Å². The molecule has 1 aliphatic heterocycles. The molecule has 1 amide bonds. The quantitative estimate of drug-likeness (QED) is 0.675. The first-order chi connectivity index (χ1) is 14.4. The lowest BCUT2D eigenvalue weighted by molar-refractivity contribution is -0.131. The first-order valence-electron chi connectivity index (χ1n) is 10.6. The van der Waals surface area contributed by atoms with Crippen molar-refractivity contribution in [3.63, 3.8) is 0 Å². The van der Waals surface area contributed by atoms with Gasteiger partial charge in [0.1, 0.15) is 0 Å². The molecular weight excluding hydrogens is 398 g/mol. The summed E-state index contributed by atoms with van der Waals surface area (Å²) in [4.78, 5) is 14.4. The Bertz CT molecular complexity index is 950. The molecule has 2 aromatic carbocycles. The molecule has 1 saturated heterocycles. The average Bonchev–Trinajstić information content (AvgIpc) is 2.78. The van der Waals surface area contributed by atoms with Gasteiger partial charge in [0.05, 0.1) is 11.4 Å². The van der Waals surface area contributed by atoms with Gasteiger partial charge in [-0.25, -0.2) is 13.1 Å². The van der Waals surface area contributed by atoms with Crippen LogP contribution in [0, 0.1) is 5.92 Å². The van der Waals surface area contributed by atoms with Crippen LogP contribution in [0.15, 0.2) is 53.4 Å². The first kappa shape index (κ1) is 22.5. The Morgan fingerprint density at radius 3 is 2.43 bits per heavy atom. The van der Waals surface area contributed by atoms with Crippen LogP contribution in [-0.2, 0) is 21.2 Å². The number of aryl methyl sites for hydroxylation is 1. The largest absolute Gasteiger partial charge is 0.342 e. The summed E-state index contributed by atoms with van der Waals surface area (Å²) in [6.07, 6.45) is 3.78. The third-order valence-electron chi connectivity index (χ3n) is 5.80. The van der Waals surface area contributed by atoms with E-state index in [9.17, 15) is 13.2 Å². The summed E-state index contributed by atoms with van der Waals surface area (Å²) in [6, 6.07) is 14.9. The molecule has 0 aliphatic carbocycles. The smallest absolute Gasteiger partial charge is 0.241 e. The number of nitrogens with two attached hydrogens (primary N) is 1. The van der Waals surface area contributed by atoms with E-state index < -0.39 is 10.0 Å². The molecule has 3 rings (SSSR count). The molecule has 0 spiro atoms. The van der Waals surface area contributed by atoms with E-state index >= 15 is 0 Å². The number of rotatable bonds is 8. The summed E-state index contributed by atoms with van der Waals surface area (Å²) in [5.41, 5.74) is 8.63. The maximum atomic E-state index is 12.7. The lowest BCUT2D eigenvalue weighted by atomic mass is 9.93. The van der Waals surface area contributed by atoms with Crippen LogP contribution < -0.4 is 10.5 Å². The minimum absolute atomic E-state index is 0.161. The molecule has 1 fully saturated rings. The van der Waals surface area contributed by atoms with Crippen LogP contribution in [0.5, 0.6) is 0 Å². The standard InChI is InChI=1S/C23H31N3O3S/c1-2-18-6-8-20(9-7-18)21-4-3-5-22(16-21)30(28,29)25-17-23(27)26-14-11-19(10-13-24)12-15-26/h3-9,16,19,25H,2,10-15,17,24H2,1H3. The lowest BCUT2D eigenvalue weighted by Gasteiger charge is -2.32. The molecule has 3 N–H and O–H groups in total. The molecule has 0 bridgehead atoms. The van der Waals surface area contributed by atoms with Crippen molar-refractivity contribution in [3.05, 3.63) is 54.1 Å². The first-order valence-corrected chi connectivity index (χ1v) is 12.1. The molecule has 30 heavy (non-hydrogen) atoms. The zero-order chi connectivity index (χ0) is 21.6. The van der Waals surface area contributed by atoms with Crippen LogP contribution in [0.4, 0.5) is 0 Å². The van der Waals surface area contributed by atoms with E-state index in [1.54, 1.807) is 23.1 Å². The fraction of sp³-hybridized carbons (Fsp3) is 0.435. The second-order valence-corrected chi connectivity index (χ2v) is 9.57. The van der Waals surface area contributed by atoms with Crippen molar-refractivity contribution < 1.29 is 13.2 Å². The van der Waals surface area contributed by atoms with E-state index in [2.05, 4.69) is 11.6 Å². The second kappa shape index (κ2) is 10.2. The molecule has 0 atom stereocenters. The third kappa shape index (κ3) is 5.68. The van der Waals surface area contributed by atoms with E-state index in [-0.39, 0.29) is 17.3 Å². The normalized spacial score (nSPS) is 15.3. The molecule has 0 saturated carbocycles. The summed E-state index contributed by atoms with van der Waals surface area (Å²) in [6.45, 7) is 3.86. The van der Waals surface area contributed by atoms with Crippen LogP contribution in [0.1, 0.15) is 31.7 Å². The summed E-state index contributed by atoms with van der Waals surface area (Å²) in [5, 5.41) is 0. The van der Waals surface area contributed by atoms with Crippen LogP contribution in [0.3, 0.4) is 0 Å². The Morgan fingerprint density at radius 1 is 1.10 bits per heavy atom. The fourth-order valence-electron chi connectivity index (χ4n) is 3.83. The Balaban J connectivity index is 1.62. The van der Waals surface area contributed by atoms with Crippen molar-refractivity contribution in [2.75, 3.05) is 26.2 Å². The van der Waals surface area contributed by atoms with Crippen molar-refractivity contribution in [1.82, 2.24) is 9.62 Å². The molecule has 0 aromatic heterocycles. The van der Waals surface area contributed by atoms with Crippen LogP contribution in [0.25, 0.3) is 11.1 Å². The number of nitrogens with zero attached hydrogens (tertiary/aromatic N) is 1. The number of amides is 1. The maximum Gasteiger partial charge on any atom is 0.241 e. The highest BCUT2D eigenvalue weighted by Gasteiger charge is 2.24. The SMILES string of the molecule is CCc1ccc(-c2cccc(S(=O)(=O)NCC(=O)N3CCC(CCN)CC3)c2)cc1. The molecule has 1 heterocycles. The molecule has 1 aliphatic rings. The predicted octanol–water partition coefficient (Wildman–Crippen LogP) is 2.78. The van der Waals surface area contributed by atoms with E-state index in [1.165, 1.54) is 5.56 Å². The van der Waals surface area contributed by atoms with Crippen molar-refractivity contribution >= 4 is 15.9 Å². The van der Waals surface area contributed by atoms with Gasteiger partial charge in [-0.2, -0.15) is 0 Å². The minimum Gasteiger partial charge on any atom is -0.342 e. The summed E-state index contributed by atoms with van der Waals surface area (Å²) < 4.78 is 28.0. The summed E-state index contributed by atoms with van der Waals surface area (Å²) in [5.74, 6) is 0.376. The van der Waals surface area contributed by atoms with Gasteiger partial charge < -0.3 is 10.6 Å². The van der Waals surface area contributed by atoms with E-state index in [4.69, 9.17) is 5.73 Å². The van der Waals surface area contributed by atoms with E-state index in [1.807, 2.05) is 30.3 Å². The second-order valence-electron chi connectivity index (χ2n) is 7.80. The Kier molecular flexibility index (Phi) is 7.64. The predicted molar refractivity (Wildman–Crippen MR) is 119 cm³/mol. The van der Waals surface area contributed by atoms with Gasteiger partial charge in [-0.15, -0.1) is 0 Å². The highest BCUT2D eigenvalue weighted by atomic mass is 32.2. The Hall–Kier alpha value is -2.22. The van der Waals surface area contributed by atoms with Gasteiger partial charge >= 0.3 is 0 Å². The molecular formula is C23H31N3O3S. The highest BCUT2D eigenvalue weighted by molar-refractivity contribution is 7.89. The van der Waals surface area contributed by atoms with Gasteiger partial charge in [0.25, 0.3) is 0 Å². The number of benzene rings is 2. The molecule has 6 nitrogen and oxygen atoms in total. The fourth-order valence-corrected chi connectivity index (χ4v) is 4.85. The summed E-state index contributed by atoms with van der Waals surface area (Å²) >= 11 is 0. The molecule has 0 unspecified atom stereocenters. The maximum absolute atomic E-state index is 12.7. The molecule has 0 radical (unpaired) electrons. The van der Waals surface area contributed by atoms with Crippen LogP contribution in [0.2, 0.25) is 0 Å². The molecule has 2 aromatic rings. The van der Waals surface area contributed by atoms with Gasteiger partial charge in [-0.05, 0) is 67.0 Å². The zero-order valence-electron chi connectivity index (χ0n) is 17.5. The number of hydrogen-bond acceptors (Lipinski definition) is 4. The monoisotopic (exact) mass is 429 g/mol. The van der Waals surface area contributed by atoms with Crippen molar-refractivity contribution in [2.45, 2.75) is 37.5 Å². The van der Waals surface area contributed by atoms with E-state index in [0.717, 1.165) is 36.8 Å². The van der Waals surface area contributed by atoms with Gasteiger partial charge in [-0.1, -0.05) is 43.3 Å². The van der Waals surface area contributed by atoms with Gasteiger partial charge in [0.15, 0.2) is 0 Å². The van der Waals surface area contributed by atoms with Crippen LogP contribution >= 0.6 is 0 Å². The Labute approximate surface area is 179 Å². The number of carbonyl (C=O) groups is 1. The zero-order valence-corrected chi connectivity index (χ0v) is 18.3. The number of nitrogens with one attached hydrogen (secondary N) is 1. The number of piperidine rings is 1. The lowest BCUT2D eigenvalue weighted by Crippen LogP contribution is -2.44.